The van der Waals surface area contributed by atoms with Crippen LogP contribution in [0.5, 0.6) is 5.75 Å². The molecule has 0 aliphatic carbocycles. The molecule has 1 aromatic carbocycles. The molecule has 5 heteroatoms. The number of nitrogen functional groups attached to an aromatic ring is 1. The van der Waals surface area contributed by atoms with E-state index in [4.69, 9.17) is 15.6 Å². The summed E-state index contributed by atoms with van der Waals surface area (Å²) in [4.78, 5) is 12.7. The van der Waals surface area contributed by atoms with Crippen molar-refractivity contribution in [2.45, 2.75) is 25.4 Å². The average molecular weight is 264 g/mol. The van der Waals surface area contributed by atoms with Crippen molar-refractivity contribution in [1.29, 1.82) is 0 Å². The number of hydrogen-bond acceptors (Lipinski definition) is 4. The minimum Gasteiger partial charge on any atom is -0.487 e. The number of nitrogens with zero attached hydrogens (tertiary/aromatic N) is 1. The topological polar surface area (TPSA) is 75.8 Å². The average Bonchev–Trinajstić information content (AvgIpc) is 2.40. The number of piperidine rings is 1. The van der Waals surface area contributed by atoms with E-state index in [9.17, 15) is 4.79 Å². The van der Waals surface area contributed by atoms with Gasteiger partial charge in [0, 0.05) is 13.1 Å². The van der Waals surface area contributed by atoms with Gasteiger partial charge in [0.05, 0.1) is 12.1 Å². The van der Waals surface area contributed by atoms with E-state index >= 15 is 0 Å². The Morgan fingerprint density at radius 3 is 3.00 bits per heavy atom. The van der Waals surface area contributed by atoms with Gasteiger partial charge in [0.2, 0.25) is 0 Å². The van der Waals surface area contributed by atoms with Crippen LogP contribution in [0.4, 0.5) is 5.69 Å². The van der Waals surface area contributed by atoms with Gasteiger partial charge in [0.1, 0.15) is 11.9 Å². The van der Waals surface area contributed by atoms with Gasteiger partial charge in [0.15, 0.2) is 0 Å². The van der Waals surface area contributed by atoms with Crippen molar-refractivity contribution in [3.05, 3.63) is 24.3 Å². The lowest BCUT2D eigenvalue weighted by molar-refractivity contribution is -0.137. The number of carboxylic acid groups (broad SMARTS) is 1. The van der Waals surface area contributed by atoms with E-state index < -0.39 is 5.97 Å². The molecule has 1 saturated heterocycles. The lowest BCUT2D eigenvalue weighted by Gasteiger charge is -2.32. The fourth-order valence-corrected chi connectivity index (χ4v) is 2.33. The monoisotopic (exact) mass is 264 g/mol. The van der Waals surface area contributed by atoms with Crippen molar-refractivity contribution in [2.75, 3.05) is 25.4 Å². The molecule has 1 aliphatic heterocycles. The van der Waals surface area contributed by atoms with Crippen molar-refractivity contribution in [3.63, 3.8) is 0 Å². The van der Waals surface area contributed by atoms with Crippen LogP contribution in [0.15, 0.2) is 24.3 Å². The molecule has 1 atom stereocenters. The van der Waals surface area contributed by atoms with E-state index in [-0.39, 0.29) is 12.5 Å². The summed E-state index contributed by atoms with van der Waals surface area (Å²) in [6.07, 6.45) is 2.28. The van der Waals surface area contributed by atoms with Gasteiger partial charge in [-0.2, -0.15) is 0 Å². The molecule has 5 nitrogen and oxygen atoms in total. The molecule has 1 fully saturated rings. The van der Waals surface area contributed by atoms with Gasteiger partial charge in [-0.05, 0) is 31.5 Å². The van der Waals surface area contributed by atoms with E-state index in [1.165, 1.54) is 0 Å². The highest BCUT2D eigenvalue weighted by Gasteiger charge is 2.22. The zero-order chi connectivity index (χ0) is 13.7. The number of anilines is 1. The molecule has 1 heterocycles. The lowest BCUT2D eigenvalue weighted by atomic mass is 10.1. The third kappa shape index (κ3) is 4.13. The van der Waals surface area contributed by atoms with Crippen molar-refractivity contribution in [3.8, 4) is 5.75 Å². The number of aliphatic carboxylic acids is 1. The number of carbonyl (C=O) groups is 1. The van der Waals surface area contributed by atoms with Crippen LogP contribution in [0.25, 0.3) is 0 Å². The third-order valence-corrected chi connectivity index (χ3v) is 3.32. The Morgan fingerprint density at radius 1 is 1.47 bits per heavy atom. The summed E-state index contributed by atoms with van der Waals surface area (Å²) in [5.74, 6) is -0.0390. The van der Waals surface area contributed by atoms with Gasteiger partial charge < -0.3 is 15.6 Å². The Bertz CT molecular complexity index is 436. The Kier molecular flexibility index (Phi) is 4.63. The zero-order valence-electron chi connectivity index (χ0n) is 10.9. The van der Waals surface area contributed by atoms with E-state index in [1.807, 2.05) is 24.3 Å². The normalized spacial score (nSPS) is 20.1. The maximum atomic E-state index is 10.6. The molecule has 1 aliphatic rings. The standard InChI is InChI=1S/C14H20N2O3/c15-12-5-1-2-6-13(12)19-11-4-3-8-16(10-11)9-7-14(17)18/h1-2,5-6,11H,3-4,7-10,15H2,(H,17,18). The van der Waals surface area contributed by atoms with Crippen LogP contribution in [-0.2, 0) is 4.79 Å². The van der Waals surface area contributed by atoms with Crippen LogP contribution in [0.1, 0.15) is 19.3 Å². The Balaban J connectivity index is 1.87. The van der Waals surface area contributed by atoms with Gasteiger partial charge in [0.25, 0.3) is 0 Å². The van der Waals surface area contributed by atoms with Crippen LogP contribution in [-0.4, -0.2) is 41.7 Å². The highest BCUT2D eigenvalue weighted by Crippen LogP contribution is 2.24. The summed E-state index contributed by atoms with van der Waals surface area (Å²) < 4.78 is 5.91. The quantitative estimate of drug-likeness (QED) is 0.790. The highest BCUT2D eigenvalue weighted by molar-refractivity contribution is 5.66. The number of carboxylic acids is 1. The van der Waals surface area contributed by atoms with Crippen molar-refractivity contribution >= 4 is 11.7 Å². The van der Waals surface area contributed by atoms with Crippen molar-refractivity contribution in [1.82, 2.24) is 4.90 Å². The summed E-state index contributed by atoms with van der Waals surface area (Å²) in [6.45, 7) is 2.29. The molecule has 0 spiro atoms. The fraction of sp³-hybridized carbons (Fsp3) is 0.500. The Hall–Kier alpha value is -1.75. The molecule has 0 saturated carbocycles. The van der Waals surface area contributed by atoms with E-state index in [1.54, 1.807) is 0 Å². The summed E-state index contributed by atoms with van der Waals surface area (Å²) in [7, 11) is 0. The molecule has 3 N–H and O–H groups in total. The zero-order valence-corrected chi connectivity index (χ0v) is 10.9. The number of likely N-dealkylation sites (tertiary alicyclic amines) is 1. The van der Waals surface area contributed by atoms with Gasteiger partial charge in [-0.1, -0.05) is 12.1 Å². The van der Waals surface area contributed by atoms with Crippen LogP contribution >= 0.6 is 0 Å². The molecule has 19 heavy (non-hydrogen) atoms. The largest absolute Gasteiger partial charge is 0.487 e. The Morgan fingerprint density at radius 2 is 2.26 bits per heavy atom. The minimum absolute atomic E-state index is 0.0900. The number of nitrogens with two attached hydrogens (primary N) is 1. The smallest absolute Gasteiger partial charge is 0.304 e. The number of hydrogen-bond donors (Lipinski definition) is 2. The van der Waals surface area contributed by atoms with Crippen LogP contribution in [0, 0.1) is 0 Å². The predicted molar refractivity (Wildman–Crippen MR) is 73.2 cm³/mol. The van der Waals surface area contributed by atoms with E-state index in [0.29, 0.717) is 18.0 Å². The molecule has 0 radical (unpaired) electrons. The van der Waals surface area contributed by atoms with Gasteiger partial charge in [-0.25, -0.2) is 0 Å². The SMILES string of the molecule is Nc1ccccc1OC1CCCN(CCC(=O)O)C1. The molecule has 1 aromatic rings. The van der Waals surface area contributed by atoms with E-state index in [2.05, 4.69) is 4.90 Å². The number of ether oxygens (including phenoxy) is 1. The second-order valence-electron chi connectivity index (χ2n) is 4.86. The summed E-state index contributed by atoms with van der Waals surface area (Å²) in [5.41, 5.74) is 6.50. The number of benzene rings is 1. The predicted octanol–water partition coefficient (Wildman–Crippen LogP) is 1.59. The summed E-state index contributed by atoms with van der Waals surface area (Å²) >= 11 is 0. The lowest BCUT2D eigenvalue weighted by Crippen LogP contribution is -2.42. The van der Waals surface area contributed by atoms with Crippen molar-refractivity contribution < 1.29 is 14.6 Å². The highest BCUT2D eigenvalue weighted by atomic mass is 16.5. The molecular weight excluding hydrogens is 244 g/mol. The molecular formula is C14H20N2O3. The van der Waals surface area contributed by atoms with Gasteiger partial charge in [-0.3, -0.25) is 9.69 Å². The van der Waals surface area contributed by atoms with Gasteiger partial charge >= 0.3 is 5.97 Å². The number of rotatable bonds is 5. The maximum Gasteiger partial charge on any atom is 0.304 e. The first-order valence-corrected chi connectivity index (χ1v) is 6.60. The van der Waals surface area contributed by atoms with Crippen LogP contribution < -0.4 is 10.5 Å². The maximum absolute atomic E-state index is 10.6. The molecule has 2 rings (SSSR count). The number of para-hydroxylation sites is 2. The molecule has 0 aromatic heterocycles. The second kappa shape index (κ2) is 6.43. The van der Waals surface area contributed by atoms with Gasteiger partial charge in [-0.15, -0.1) is 0 Å². The first-order chi connectivity index (χ1) is 9.15. The first-order valence-electron chi connectivity index (χ1n) is 6.60. The minimum atomic E-state index is -0.754. The second-order valence-corrected chi connectivity index (χ2v) is 4.86. The molecule has 0 bridgehead atoms. The summed E-state index contributed by atoms with van der Waals surface area (Å²) in [5, 5.41) is 8.71. The van der Waals surface area contributed by atoms with E-state index in [0.717, 1.165) is 25.9 Å². The molecule has 104 valence electrons. The van der Waals surface area contributed by atoms with Crippen LogP contribution in [0.3, 0.4) is 0 Å². The van der Waals surface area contributed by atoms with Crippen LogP contribution in [0.2, 0.25) is 0 Å². The first kappa shape index (κ1) is 13.7. The Labute approximate surface area is 113 Å². The third-order valence-electron chi connectivity index (χ3n) is 3.32. The summed E-state index contributed by atoms with van der Waals surface area (Å²) in [6, 6.07) is 7.46. The molecule has 0 amide bonds. The fourth-order valence-electron chi connectivity index (χ4n) is 2.33. The van der Waals surface area contributed by atoms with Crippen molar-refractivity contribution in [2.24, 2.45) is 0 Å². The molecule has 1 unspecified atom stereocenters.